The predicted molar refractivity (Wildman–Crippen MR) is 95.0 cm³/mol. The van der Waals surface area contributed by atoms with E-state index >= 15 is 0 Å². The third-order valence-electron chi connectivity index (χ3n) is 4.04. The number of rotatable bonds is 5. The Morgan fingerprint density at radius 3 is 2.32 bits per heavy atom. The molecule has 1 aliphatic heterocycles. The van der Waals surface area contributed by atoms with E-state index in [0.29, 0.717) is 12.2 Å². The lowest BCUT2D eigenvalue weighted by Gasteiger charge is -2.16. The molecule has 1 fully saturated rings. The van der Waals surface area contributed by atoms with E-state index in [2.05, 4.69) is 10.6 Å². The van der Waals surface area contributed by atoms with Crippen molar-refractivity contribution in [3.05, 3.63) is 60.7 Å². The molecule has 1 heterocycles. The maximum absolute atomic E-state index is 12.3. The monoisotopic (exact) mass is 337 g/mol. The minimum atomic E-state index is -0.447. The molecule has 6 heteroatoms. The van der Waals surface area contributed by atoms with E-state index in [1.807, 2.05) is 48.5 Å². The molecule has 1 atom stereocenters. The molecule has 0 aliphatic carbocycles. The lowest BCUT2D eigenvalue weighted by molar-refractivity contribution is -0.127. The van der Waals surface area contributed by atoms with E-state index in [4.69, 9.17) is 0 Å². The average molecular weight is 337 g/mol. The first kappa shape index (κ1) is 16.7. The van der Waals surface area contributed by atoms with Crippen molar-refractivity contribution in [3.8, 4) is 0 Å². The quantitative estimate of drug-likeness (QED) is 0.873. The van der Waals surface area contributed by atoms with Gasteiger partial charge in [-0.1, -0.05) is 36.4 Å². The van der Waals surface area contributed by atoms with Crippen molar-refractivity contribution in [2.75, 3.05) is 23.3 Å². The van der Waals surface area contributed by atoms with Crippen LogP contribution in [0.4, 0.5) is 11.4 Å². The van der Waals surface area contributed by atoms with Gasteiger partial charge in [-0.3, -0.25) is 14.4 Å². The highest BCUT2D eigenvalue weighted by Gasteiger charge is 2.35. The molecule has 0 bridgehead atoms. The van der Waals surface area contributed by atoms with Gasteiger partial charge in [-0.05, 0) is 24.3 Å². The average Bonchev–Trinajstić information content (AvgIpc) is 3.03. The van der Waals surface area contributed by atoms with Gasteiger partial charge in [0.1, 0.15) is 0 Å². The summed E-state index contributed by atoms with van der Waals surface area (Å²) in [6, 6.07) is 18.3. The Labute approximate surface area is 145 Å². The Kier molecular flexibility index (Phi) is 5.09. The molecule has 0 radical (unpaired) electrons. The van der Waals surface area contributed by atoms with E-state index in [1.54, 1.807) is 17.0 Å². The molecule has 3 amide bonds. The summed E-state index contributed by atoms with van der Waals surface area (Å²) < 4.78 is 0. The Hall–Kier alpha value is -3.15. The van der Waals surface area contributed by atoms with Crippen molar-refractivity contribution in [1.82, 2.24) is 5.32 Å². The Bertz CT molecular complexity index is 762. The molecule has 1 aliphatic rings. The zero-order chi connectivity index (χ0) is 17.6. The molecule has 3 rings (SSSR count). The minimum Gasteiger partial charge on any atom is -0.347 e. The highest BCUT2D eigenvalue weighted by atomic mass is 16.2. The maximum atomic E-state index is 12.3. The number of hydrogen-bond acceptors (Lipinski definition) is 3. The summed E-state index contributed by atoms with van der Waals surface area (Å²) in [5, 5.41) is 5.31. The summed E-state index contributed by atoms with van der Waals surface area (Å²) in [4.78, 5) is 37.9. The zero-order valence-electron chi connectivity index (χ0n) is 13.6. The summed E-state index contributed by atoms with van der Waals surface area (Å²) in [6.45, 7) is 0.207. The van der Waals surface area contributed by atoms with Crippen LogP contribution in [0, 0.1) is 5.92 Å². The van der Waals surface area contributed by atoms with Gasteiger partial charge in [0.05, 0.1) is 12.5 Å². The zero-order valence-corrected chi connectivity index (χ0v) is 13.6. The Morgan fingerprint density at radius 2 is 1.64 bits per heavy atom. The molecule has 2 N–H and O–H groups in total. The largest absolute Gasteiger partial charge is 0.347 e. The molecular weight excluding hydrogens is 318 g/mol. The van der Waals surface area contributed by atoms with Crippen molar-refractivity contribution < 1.29 is 14.4 Å². The number of para-hydroxylation sites is 2. The number of nitrogens with one attached hydrogen (secondary N) is 2. The molecule has 128 valence electrons. The van der Waals surface area contributed by atoms with Gasteiger partial charge in [0.2, 0.25) is 17.7 Å². The minimum absolute atomic E-state index is 0.0833. The number of anilines is 2. The summed E-state index contributed by atoms with van der Waals surface area (Å²) in [7, 11) is 0. The summed E-state index contributed by atoms with van der Waals surface area (Å²) >= 11 is 0. The van der Waals surface area contributed by atoms with Crippen LogP contribution in [-0.4, -0.2) is 30.8 Å². The van der Waals surface area contributed by atoms with Gasteiger partial charge in [0.15, 0.2) is 0 Å². The standard InChI is InChI=1S/C19H19N3O3/c23-17(21-15-7-3-1-4-8-15)12-20-19(25)14-11-18(24)22(13-14)16-9-5-2-6-10-16/h1-10,14H,11-13H2,(H,20,25)(H,21,23). The van der Waals surface area contributed by atoms with Crippen LogP contribution in [0.3, 0.4) is 0 Å². The number of amides is 3. The third-order valence-corrected chi connectivity index (χ3v) is 4.04. The topological polar surface area (TPSA) is 78.5 Å². The Balaban J connectivity index is 1.50. The highest BCUT2D eigenvalue weighted by Crippen LogP contribution is 2.24. The van der Waals surface area contributed by atoms with Crippen LogP contribution in [-0.2, 0) is 14.4 Å². The Morgan fingerprint density at radius 1 is 1.00 bits per heavy atom. The van der Waals surface area contributed by atoms with Crippen molar-refractivity contribution in [2.24, 2.45) is 5.92 Å². The highest BCUT2D eigenvalue weighted by molar-refractivity contribution is 6.01. The molecule has 0 saturated carbocycles. The summed E-state index contributed by atoms with van der Waals surface area (Å²) in [5.41, 5.74) is 1.46. The molecule has 0 spiro atoms. The van der Waals surface area contributed by atoms with Gasteiger partial charge in [0.25, 0.3) is 0 Å². The third kappa shape index (κ3) is 4.23. The van der Waals surface area contributed by atoms with Crippen LogP contribution in [0.1, 0.15) is 6.42 Å². The van der Waals surface area contributed by atoms with Crippen molar-refractivity contribution in [3.63, 3.8) is 0 Å². The SMILES string of the molecule is O=C(CNC(=O)C1CC(=O)N(c2ccccc2)C1)Nc1ccccc1. The molecule has 25 heavy (non-hydrogen) atoms. The predicted octanol–water partition coefficient (Wildman–Crippen LogP) is 1.79. The normalized spacial score (nSPS) is 16.6. The van der Waals surface area contributed by atoms with Crippen LogP contribution < -0.4 is 15.5 Å². The fourth-order valence-electron chi connectivity index (χ4n) is 2.78. The van der Waals surface area contributed by atoms with Crippen LogP contribution in [0.2, 0.25) is 0 Å². The summed E-state index contributed by atoms with van der Waals surface area (Å²) in [5.74, 6) is -1.11. The van der Waals surface area contributed by atoms with Gasteiger partial charge < -0.3 is 15.5 Å². The van der Waals surface area contributed by atoms with Gasteiger partial charge in [-0.2, -0.15) is 0 Å². The van der Waals surface area contributed by atoms with E-state index in [0.717, 1.165) is 5.69 Å². The number of carbonyl (C=O) groups is 3. The van der Waals surface area contributed by atoms with Crippen molar-refractivity contribution in [2.45, 2.75) is 6.42 Å². The lowest BCUT2D eigenvalue weighted by atomic mass is 10.1. The molecule has 1 saturated heterocycles. The van der Waals surface area contributed by atoms with E-state index in [9.17, 15) is 14.4 Å². The lowest BCUT2D eigenvalue weighted by Crippen LogP contribution is -2.37. The maximum Gasteiger partial charge on any atom is 0.243 e. The van der Waals surface area contributed by atoms with Gasteiger partial charge in [-0.25, -0.2) is 0 Å². The number of carbonyl (C=O) groups excluding carboxylic acids is 3. The number of hydrogen-bond donors (Lipinski definition) is 2. The summed E-state index contributed by atoms with van der Waals surface area (Å²) in [6.07, 6.45) is 0.154. The smallest absolute Gasteiger partial charge is 0.243 e. The molecule has 2 aromatic rings. The van der Waals surface area contributed by atoms with Gasteiger partial charge >= 0.3 is 0 Å². The van der Waals surface area contributed by atoms with Crippen LogP contribution in [0.15, 0.2) is 60.7 Å². The van der Waals surface area contributed by atoms with Crippen molar-refractivity contribution in [1.29, 1.82) is 0 Å². The van der Waals surface area contributed by atoms with E-state index in [-0.39, 0.29) is 30.7 Å². The van der Waals surface area contributed by atoms with Crippen molar-refractivity contribution >= 4 is 29.1 Å². The fourth-order valence-corrected chi connectivity index (χ4v) is 2.78. The molecule has 1 unspecified atom stereocenters. The first-order valence-corrected chi connectivity index (χ1v) is 8.11. The van der Waals surface area contributed by atoms with Gasteiger partial charge in [-0.15, -0.1) is 0 Å². The van der Waals surface area contributed by atoms with E-state index < -0.39 is 5.92 Å². The number of nitrogens with zero attached hydrogens (tertiary/aromatic N) is 1. The molecule has 2 aromatic carbocycles. The fraction of sp³-hybridized carbons (Fsp3) is 0.211. The van der Waals surface area contributed by atoms with Gasteiger partial charge in [0, 0.05) is 24.3 Å². The van der Waals surface area contributed by atoms with Crippen LogP contribution in [0.25, 0.3) is 0 Å². The van der Waals surface area contributed by atoms with E-state index in [1.165, 1.54) is 0 Å². The second-order valence-electron chi connectivity index (χ2n) is 5.87. The number of benzene rings is 2. The molecule has 0 aromatic heterocycles. The van der Waals surface area contributed by atoms with Crippen LogP contribution in [0.5, 0.6) is 0 Å². The molecular formula is C19H19N3O3. The first-order valence-electron chi connectivity index (χ1n) is 8.11. The first-order chi connectivity index (χ1) is 12.1. The van der Waals surface area contributed by atoms with Crippen LogP contribution >= 0.6 is 0 Å². The molecule has 6 nitrogen and oxygen atoms in total. The second-order valence-corrected chi connectivity index (χ2v) is 5.87. The second kappa shape index (κ2) is 7.61.